The molecule has 1 heterocycles. The van der Waals surface area contributed by atoms with E-state index in [4.69, 9.17) is 4.52 Å². The van der Waals surface area contributed by atoms with Crippen LogP contribution in [0.4, 0.5) is 8.78 Å². The maximum Gasteiger partial charge on any atom is 0.248 e. The predicted octanol–water partition coefficient (Wildman–Crippen LogP) is 3.92. The number of nitrogens with zero attached hydrogens (tertiary/aromatic N) is 2. The zero-order valence-electron chi connectivity index (χ0n) is 15.2. The molecule has 5 nitrogen and oxygen atoms in total. The van der Waals surface area contributed by atoms with Crippen LogP contribution in [0.25, 0.3) is 0 Å². The first-order chi connectivity index (χ1) is 13.5. The van der Waals surface area contributed by atoms with E-state index in [1.165, 1.54) is 0 Å². The summed E-state index contributed by atoms with van der Waals surface area (Å²) in [5, 5.41) is 6.77. The topological polar surface area (TPSA) is 68.0 Å². The number of benzene rings is 2. The molecule has 7 heteroatoms. The van der Waals surface area contributed by atoms with Gasteiger partial charge in [-0.1, -0.05) is 35.5 Å². The Balaban J connectivity index is 1.36. The summed E-state index contributed by atoms with van der Waals surface area (Å²) in [6, 6.07) is 12.6. The number of carbonyl (C=O) groups is 1. The van der Waals surface area contributed by atoms with Crippen molar-refractivity contribution in [2.45, 2.75) is 31.7 Å². The first kappa shape index (κ1) is 18.3. The Morgan fingerprint density at radius 3 is 2.82 bits per heavy atom. The van der Waals surface area contributed by atoms with Crippen molar-refractivity contribution in [1.29, 1.82) is 0 Å². The molecular weight excluding hydrogens is 364 g/mol. The van der Waals surface area contributed by atoms with E-state index in [2.05, 4.69) is 15.5 Å². The molecule has 0 radical (unpaired) electrons. The third kappa shape index (κ3) is 3.93. The molecule has 0 bridgehead atoms. The van der Waals surface area contributed by atoms with Gasteiger partial charge in [0.2, 0.25) is 11.8 Å². The van der Waals surface area contributed by atoms with E-state index in [0.717, 1.165) is 23.8 Å². The summed E-state index contributed by atoms with van der Waals surface area (Å²) in [4.78, 5) is 16.8. The molecule has 0 spiro atoms. The average Bonchev–Trinajstić information content (AvgIpc) is 3.35. The number of hydrogen-bond donors (Lipinski definition) is 1. The molecule has 28 heavy (non-hydrogen) atoms. The molecule has 3 atom stereocenters. The molecule has 1 aliphatic carbocycles. The number of nitrogens with one attached hydrogen (secondary N) is 1. The van der Waals surface area contributed by atoms with Crippen LogP contribution >= 0.6 is 0 Å². The monoisotopic (exact) mass is 383 g/mol. The summed E-state index contributed by atoms with van der Waals surface area (Å²) in [6.45, 7) is 1.75. The van der Waals surface area contributed by atoms with Crippen molar-refractivity contribution in [2.75, 3.05) is 0 Å². The largest absolute Gasteiger partial charge is 0.344 e. The molecule has 3 aromatic rings. The van der Waals surface area contributed by atoms with Gasteiger partial charge in [0.15, 0.2) is 5.82 Å². The van der Waals surface area contributed by atoms with Crippen LogP contribution in [0.1, 0.15) is 48.1 Å². The maximum atomic E-state index is 13.9. The third-order valence-electron chi connectivity index (χ3n) is 4.90. The fraction of sp³-hybridized carbons (Fsp3) is 0.286. The van der Waals surface area contributed by atoms with E-state index in [9.17, 15) is 13.6 Å². The molecule has 2 aromatic carbocycles. The van der Waals surface area contributed by atoms with Crippen LogP contribution in [-0.4, -0.2) is 16.0 Å². The van der Waals surface area contributed by atoms with Crippen LogP contribution < -0.4 is 5.32 Å². The first-order valence-electron chi connectivity index (χ1n) is 9.13. The molecule has 0 unspecified atom stereocenters. The van der Waals surface area contributed by atoms with E-state index in [0.29, 0.717) is 24.6 Å². The lowest BCUT2D eigenvalue weighted by Crippen LogP contribution is -2.28. The highest BCUT2D eigenvalue weighted by Crippen LogP contribution is 2.48. The maximum absolute atomic E-state index is 13.9. The van der Waals surface area contributed by atoms with Crippen LogP contribution in [0.3, 0.4) is 0 Å². The van der Waals surface area contributed by atoms with Crippen LogP contribution in [0, 0.1) is 17.6 Å². The van der Waals surface area contributed by atoms with Crippen LogP contribution in [0.15, 0.2) is 53.1 Å². The molecule has 1 aromatic heterocycles. The average molecular weight is 383 g/mol. The van der Waals surface area contributed by atoms with E-state index < -0.39 is 17.7 Å². The summed E-state index contributed by atoms with van der Waals surface area (Å²) in [7, 11) is 0. The van der Waals surface area contributed by atoms with E-state index >= 15 is 0 Å². The molecule has 1 N–H and O–H groups in total. The van der Waals surface area contributed by atoms with Crippen LogP contribution in [0.5, 0.6) is 0 Å². The summed E-state index contributed by atoms with van der Waals surface area (Å²) in [6.07, 6.45) is 1.02. The van der Waals surface area contributed by atoms with Gasteiger partial charge in [-0.3, -0.25) is 4.79 Å². The second-order valence-corrected chi connectivity index (χ2v) is 7.06. The first-order valence-corrected chi connectivity index (χ1v) is 9.13. The Bertz CT molecular complexity index is 990. The molecule has 1 amide bonds. The Morgan fingerprint density at radius 1 is 1.25 bits per heavy atom. The number of aromatic nitrogens is 2. The lowest BCUT2D eigenvalue weighted by atomic mass is 10.1. The zero-order valence-corrected chi connectivity index (χ0v) is 15.2. The molecule has 0 aliphatic heterocycles. The standard InChI is InChI=1S/C21H19F2N3O2/c1-12(21-25-19(26-28-21)9-13-5-3-2-4-6-13)24-20(27)17-11-15(17)16-10-14(22)7-8-18(16)23/h2-8,10,12,15,17H,9,11H2,1H3,(H,24,27)/t12-,15-,17+/m0/s1. The van der Waals surface area contributed by atoms with Crippen molar-refractivity contribution < 1.29 is 18.1 Å². The van der Waals surface area contributed by atoms with Gasteiger partial charge in [0.05, 0.1) is 0 Å². The predicted molar refractivity (Wildman–Crippen MR) is 97.3 cm³/mol. The van der Waals surface area contributed by atoms with Crippen LogP contribution in [0.2, 0.25) is 0 Å². The molecule has 1 fully saturated rings. The van der Waals surface area contributed by atoms with Gasteiger partial charge in [-0.15, -0.1) is 0 Å². The number of rotatable bonds is 6. The SMILES string of the molecule is C[C@H](NC(=O)[C@@H]1C[C@H]1c1cc(F)ccc1F)c1nc(Cc2ccccc2)no1. The number of hydrogen-bond acceptors (Lipinski definition) is 4. The summed E-state index contributed by atoms with van der Waals surface area (Å²) >= 11 is 0. The third-order valence-corrected chi connectivity index (χ3v) is 4.90. The van der Waals surface area contributed by atoms with Gasteiger partial charge in [-0.2, -0.15) is 4.98 Å². The Hall–Kier alpha value is -3.09. The smallest absolute Gasteiger partial charge is 0.248 e. The highest BCUT2D eigenvalue weighted by atomic mass is 19.1. The van der Waals surface area contributed by atoms with Crippen molar-refractivity contribution in [3.63, 3.8) is 0 Å². The molecule has 4 rings (SSSR count). The highest BCUT2D eigenvalue weighted by Gasteiger charge is 2.45. The van der Waals surface area contributed by atoms with Crippen LogP contribution in [-0.2, 0) is 11.2 Å². The fourth-order valence-electron chi connectivity index (χ4n) is 3.30. The quantitative estimate of drug-likeness (QED) is 0.701. The highest BCUT2D eigenvalue weighted by molar-refractivity contribution is 5.83. The van der Waals surface area contributed by atoms with Crippen molar-refractivity contribution >= 4 is 5.91 Å². The molecule has 0 saturated heterocycles. The summed E-state index contributed by atoms with van der Waals surface area (Å²) in [5.41, 5.74) is 1.31. The normalized spacial score (nSPS) is 19.2. The Morgan fingerprint density at radius 2 is 2.04 bits per heavy atom. The van der Waals surface area contributed by atoms with E-state index in [-0.39, 0.29) is 23.3 Å². The minimum absolute atomic E-state index is 0.232. The number of carbonyl (C=O) groups excluding carboxylic acids is 1. The van der Waals surface area contributed by atoms with E-state index in [1.54, 1.807) is 6.92 Å². The van der Waals surface area contributed by atoms with Crippen molar-refractivity contribution in [3.05, 3.63) is 83.0 Å². The minimum Gasteiger partial charge on any atom is -0.344 e. The van der Waals surface area contributed by atoms with Gasteiger partial charge in [-0.05, 0) is 48.6 Å². The zero-order chi connectivity index (χ0) is 19.7. The van der Waals surface area contributed by atoms with Gasteiger partial charge in [0.25, 0.3) is 0 Å². The fourth-order valence-corrected chi connectivity index (χ4v) is 3.30. The minimum atomic E-state index is -0.507. The second kappa shape index (κ2) is 7.50. The van der Waals surface area contributed by atoms with Crippen molar-refractivity contribution in [1.82, 2.24) is 15.5 Å². The Kier molecular flexibility index (Phi) is 4.90. The van der Waals surface area contributed by atoms with Gasteiger partial charge >= 0.3 is 0 Å². The molecule has 144 valence electrons. The molecular formula is C21H19F2N3O2. The molecule has 1 saturated carbocycles. The van der Waals surface area contributed by atoms with Gasteiger partial charge in [0.1, 0.15) is 17.7 Å². The second-order valence-electron chi connectivity index (χ2n) is 7.06. The van der Waals surface area contributed by atoms with Crippen molar-refractivity contribution in [2.24, 2.45) is 5.92 Å². The van der Waals surface area contributed by atoms with Gasteiger partial charge in [-0.25, -0.2) is 8.78 Å². The van der Waals surface area contributed by atoms with Crippen molar-refractivity contribution in [3.8, 4) is 0 Å². The van der Waals surface area contributed by atoms with E-state index in [1.807, 2.05) is 30.3 Å². The molecule has 1 aliphatic rings. The number of halogens is 2. The van der Waals surface area contributed by atoms with Gasteiger partial charge in [0, 0.05) is 12.3 Å². The summed E-state index contributed by atoms with van der Waals surface area (Å²) < 4.78 is 32.5. The number of amides is 1. The summed E-state index contributed by atoms with van der Waals surface area (Å²) in [5.74, 6) is -1.07. The Labute approximate surface area is 160 Å². The van der Waals surface area contributed by atoms with Gasteiger partial charge < -0.3 is 9.84 Å². The lowest BCUT2D eigenvalue weighted by molar-refractivity contribution is -0.123. The lowest BCUT2D eigenvalue weighted by Gasteiger charge is -2.09.